The molecule has 0 aliphatic heterocycles. The average Bonchev–Trinajstić information content (AvgIpc) is 2.66. The Balaban J connectivity index is 3.13. The molecule has 0 radical (unpaired) electrons. The van der Waals surface area contributed by atoms with Crippen molar-refractivity contribution in [1.82, 2.24) is 21.3 Å². The molecule has 0 aromatic rings. The third-order valence-electron chi connectivity index (χ3n) is 5.84. The van der Waals surface area contributed by atoms with Gasteiger partial charge in [0.15, 0.2) is 11.6 Å². The maximum absolute atomic E-state index is 13.4. The Morgan fingerprint density at radius 3 is 1.25 bits per heavy atom. The number of nitrogens with one attached hydrogen (secondary N) is 4. The number of hydrogen-bond acceptors (Lipinski definition) is 6. The Labute approximate surface area is 192 Å². The summed E-state index contributed by atoms with van der Waals surface area (Å²) < 4.78 is 0. The van der Waals surface area contributed by atoms with Crippen LogP contribution in [0.5, 0.6) is 0 Å². The number of Topliss-reactive ketones (excluding diaryl/α,β-unsaturated/α-hetero) is 2. The van der Waals surface area contributed by atoms with Crippen LogP contribution >= 0.6 is 0 Å². The number of rotatable bonds is 12. The third kappa shape index (κ3) is 6.84. The van der Waals surface area contributed by atoms with E-state index in [0.717, 1.165) is 0 Å². The minimum atomic E-state index is -0.804. The zero-order valence-corrected chi connectivity index (χ0v) is 20.9. The van der Waals surface area contributed by atoms with Crippen LogP contribution in [0.2, 0.25) is 0 Å². The van der Waals surface area contributed by atoms with Crippen molar-refractivity contribution in [2.24, 2.45) is 10.8 Å². The molecule has 0 unspecified atom stereocenters. The Morgan fingerprint density at radius 2 is 0.969 bits per heavy atom. The molecule has 0 saturated carbocycles. The van der Waals surface area contributed by atoms with Gasteiger partial charge in [0, 0.05) is 72.1 Å². The highest BCUT2D eigenvalue weighted by Crippen LogP contribution is 2.44. The number of hydrogen-bond donors (Lipinski definition) is 4. The molecule has 180 valence electrons. The molecule has 0 heterocycles. The average molecular weight is 449 g/mol. The number of ketones is 2. The van der Waals surface area contributed by atoms with Crippen molar-refractivity contribution < 1.29 is 19.2 Å². The van der Waals surface area contributed by atoms with E-state index >= 15 is 0 Å². The Morgan fingerprint density at radius 1 is 0.656 bits per heavy atom. The first kappa shape index (κ1) is 27.7. The lowest BCUT2D eigenvalue weighted by molar-refractivity contribution is -0.124. The minimum absolute atomic E-state index is 0.0995. The van der Waals surface area contributed by atoms with Crippen LogP contribution in [-0.2, 0) is 19.2 Å². The zero-order valence-electron chi connectivity index (χ0n) is 20.9. The molecule has 0 aromatic carbocycles. The highest BCUT2D eigenvalue weighted by Gasteiger charge is 2.43. The van der Waals surface area contributed by atoms with Gasteiger partial charge in [-0.2, -0.15) is 0 Å². The third-order valence-corrected chi connectivity index (χ3v) is 5.84. The van der Waals surface area contributed by atoms with Crippen LogP contribution in [0.3, 0.4) is 0 Å². The van der Waals surface area contributed by atoms with Crippen LogP contribution in [0.4, 0.5) is 0 Å². The molecule has 0 saturated heterocycles. The first-order chi connectivity index (χ1) is 14.8. The van der Waals surface area contributed by atoms with Crippen molar-refractivity contribution in [3.05, 3.63) is 22.3 Å². The van der Waals surface area contributed by atoms with Gasteiger partial charge in [-0.15, -0.1) is 0 Å². The fraction of sp³-hybridized carbons (Fsp3) is 0.667. The summed E-state index contributed by atoms with van der Waals surface area (Å²) in [5.74, 6) is -0.795. The second-order valence-corrected chi connectivity index (χ2v) is 9.69. The molecule has 0 atom stereocenters. The topological polar surface area (TPSA) is 116 Å². The van der Waals surface area contributed by atoms with E-state index in [1.54, 1.807) is 27.9 Å². The molecular weight excluding hydrogens is 408 g/mol. The van der Waals surface area contributed by atoms with Gasteiger partial charge in [0.1, 0.15) is 0 Å². The zero-order chi connectivity index (χ0) is 24.7. The lowest BCUT2D eigenvalue weighted by Crippen LogP contribution is -2.40. The highest BCUT2D eigenvalue weighted by molar-refractivity contribution is 6.26. The normalized spacial score (nSPS) is 15.4. The van der Waals surface area contributed by atoms with Crippen LogP contribution in [0.25, 0.3) is 0 Å². The van der Waals surface area contributed by atoms with E-state index in [0.29, 0.717) is 48.5 Å². The summed E-state index contributed by atoms with van der Waals surface area (Å²) in [6.45, 7) is 12.8. The highest BCUT2D eigenvalue weighted by atomic mass is 16.2. The number of allylic oxidation sites excluding steroid dienone is 4. The minimum Gasteiger partial charge on any atom is -0.355 e. The summed E-state index contributed by atoms with van der Waals surface area (Å²) in [5.41, 5.74) is -0.146. The van der Waals surface area contributed by atoms with Gasteiger partial charge in [-0.25, -0.2) is 0 Å². The second-order valence-electron chi connectivity index (χ2n) is 9.69. The van der Waals surface area contributed by atoms with Gasteiger partial charge in [-0.1, -0.05) is 27.7 Å². The van der Waals surface area contributed by atoms with Crippen molar-refractivity contribution in [2.75, 3.05) is 40.3 Å². The number of carbonyl (C=O) groups excluding carboxylic acids is 4. The number of amides is 2. The van der Waals surface area contributed by atoms with Crippen molar-refractivity contribution in [1.29, 1.82) is 0 Å². The van der Waals surface area contributed by atoms with Gasteiger partial charge in [0.2, 0.25) is 11.8 Å². The Bertz CT molecular complexity index is 754. The maximum atomic E-state index is 13.4. The largest absolute Gasteiger partial charge is 0.355 e. The molecule has 0 aromatic heterocycles. The fourth-order valence-electron chi connectivity index (χ4n) is 4.33. The monoisotopic (exact) mass is 448 g/mol. The molecule has 1 aliphatic rings. The Hall–Kier alpha value is -2.32. The summed E-state index contributed by atoms with van der Waals surface area (Å²) in [4.78, 5) is 51.6. The molecule has 1 rings (SSSR count). The molecule has 1 aliphatic carbocycles. The first-order valence-electron chi connectivity index (χ1n) is 11.1. The number of carbonyl (C=O) groups is 4. The SMILES string of the molecule is CNCCNC(=O)CC(C)(C)C1=C(C)C(=O)C(C(C)(C)CC(=O)NCCNC)=C(C)C1=O. The molecule has 2 amide bonds. The molecule has 8 heteroatoms. The first-order valence-corrected chi connectivity index (χ1v) is 11.1. The molecule has 32 heavy (non-hydrogen) atoms. The summed E-state index contributed by atoms with van der Waals surface area (Å²) in [7, 11) is 3.60. The predicted molar refractivity (Wildman–Crippen MR) is 126 cm³/mol. The van der Waals surface area contributed by atoms with Crippen molar-refractivity contribution in [3.8, 4) is 0 Å². The van der Waals surface area contributed by atoms with Crippen molar-refractivity contribution in [3.63, 3.8) is 0 Å². The van der Waals surface area contributed by atoms with E-state index < -0.39 is 10.8 Å². The van der Waals surface area contributed by atoms with Gasteiger partial charge in [0.25, 0.3) is 0 Å². The van der Waals surface area contributed by atoms with E-state index in [-0.39, 0.29) is 36.2 Å². The van der Waals surface area contributed by atoms with E-state index in [1.165, 1.54) is 0 Å². The molecule has 8 nitrogen and oxygen atoms in total. The summed E-state index contributed by atoms with van der Waals surface area (Å²) in [5, 5.41) is 11.6. The Kier molecular flexibility index (Phi) is 9.97. The van der Waals surface area contributed by atoms with Crippen LogP contribution in [0.15, 0.2) is 22.3 Å². The molecule has 0 fully saturated rings. The lowest BCUT2D eigenvalue weighted by Gasteiger charge is -2.36. The van der Waals surface area contributed by atoms with Crippen LogP contribution in [0, 0.1) is 10.8 Å². The lowest BCUT2D eigenvalue weighted by atomic mass is 9.66. The van der Waals surface area contributed by atoms with Gasteiger partial charge in [-0.05, 0) is 27.9 Å². The smallest absolute Gasteiger partial charge is 0.220 e. The van der Waals surface area contributed by atoms with Gasteiger partial charge in [0.05, 0.1) is 0 Å². The quantitative estimate of drug-likeness (QED) is 0.264. The number of likely N-dealkylation sites (N-methyl/N-ethyl adjacent to an activating group) is 2. The molecule has 4 N–H and O–H groups in total. The van der Waals surface area contributed by atoms with Crippen molar-refractivity contribution in [2.45, 2.75) is 54.4 Å². The summed E-state index contributed by atoms with van der Waals surface area (Å²) >= 11 is 0. The van der Waals surface area contributed by atoms with E-state index in [1.807, 2.05) is 27.7 Å². The standard InChI is InChI=1S/C24H40N4O4/c1-15-19(23(3,4)13-17(29)27-11-9-25-7)22(32)16(2)20(21(15)31)24(5,6)14-18(30)28-12-10-26-8/h25-26H,9-14H2,1-8H3,(H,27,29)(H,28,30). The van der Waals surface area contributed by atoms with E-state index in [2.05, 4.69) is 21.3 Å². The van der Waals surface area contributed by atoms with Crippen LogP contribution in [0.1, 0.15) is 54.4 Å². The van der Waals surface area contributed by atoms with E-state index in [4.69, 9.17) is 0 Å². The maximum Gasteiger partial charge on any atom is 0.220 e. The predicted octanol–water partition coefficient (Wildman–Crippen LogP) is 1.28. The summed E-state index contributed by atoms with van der Waals surface area (Å²) in [6, 6.07) is 0. The molecule has 0 bridgehead atoms. The summed E-state index contributed by atoms with van der Waals surface area (Å²) in [6.07, 6.45) is 0.199. The van der Waals surface area contributed by atoms with Crippen LogP contribution < -0.4 is 21.3 Å². The second kappa shape index (κ2) is 11.5. The van der Waals surface area contributed by atoms with Gasteiger partial charge < -0.3 is 21.3 Å². The fourth-order valence-corrected chi connectivity index (χ4v) is 4.33. The van der Waals surface area contributed by atoms with Crippen molar-refractivity contribution >= 4 is 23.4 Å². The molecular formula is C24H40N4O4. The van der Waals surface area contributed by atoms with Gasteiger partial charge in [-0.3, -0.25) is 19.2 Å². The van der Waals surface area contributed by atoms with E-state index in [9.17, 15) is 19.2 Å². The van der Waals surface area contributed by atoms with Gasteiger partial charge >= 0.3 is 0 Å². The molecule has 0 spiro atoms. The van der Waals surface area contributed by atoms with Crippen LogP contribution in [-0.4, -0.2) is 63.7 Å².